The molecule has 2 aliphatic rings. The highest BCUT2D eigenvalue weighted by Gasteiger charge is 2.39. The summed E-state index contributed by atoms with van der Waals surface area (Å²) in [5.41, 5.74) is 1.80. The average Bonchev–Trinajstić information content (AvgIpc) is 3.66. The van der Waals surface area contributed by atoms with Crippen LogP contribution in [0.4, 0.5) is 0 Å². The van der Waals surface area contributed by atoms with E-state index in [2.05, 4.69) is 0 Å². The van der Waals surface area contributed by atoms with E-state index in [0.717, 1.165) is 24.0 Å². The predicted octanol–water partition coefficient (Wildman–Crippen LogP) is 2.99. The molecule has 0 radical (unpaired) electrons. The number of hydrogen-bond acceptors (Lipinski definition) is 5. The Morgan fingerprint density at radius 3 is 2.52 bits per heavy atom. The maximum atomic E-state index is 13.6. The summed E-state index contributed by atoms with van der Waals surface area (Å²) < 4.78 is 34.9. The molecule has 1 heterocycles. The average molecular weight is 473 g/mol. The number of amides is 1. The first-order valence-electron chi connectivity index (χ1n) is 11.5. The second-order valence-electron chi connectivity index (χ2n) is 9.26. The molecule has 1 aliphatic carbocycles. The second-order valence-corrected chi connectivity index (χ2v) is 11.1. The molecule has 0 aromatic heterocycles. The summed E-state index contributed by atoms with van der Waals surface area (Å²) in [6.07, 6.45) is 1.45. The van der Waals surface area contributed by atoms with Crippen molar-refractivity contribution in [1.29, 1.82) is 0 Å². The summed E-state index contributed by atoms with van der Waals surface area (Å²) in [4.78, 5) is 14.4. The number of aliphatic hydroxyl groups is 1. The van der Waals surface area contributed by atoms with Gasteiger partial charge in [0, 0.05) is 31.5 Å². The third-order valence-electron chi connectivity index (χ3n) is 6.53. The lowest BCUT2D eigenvalue weighted by molar-refractivity contribution is -0.132. The van der Waals surface area contributed by atoms with Crippen molar-refractivity contribution in [1.82, 2.24) is 9.21 Å². The lowest BCUT2D eigenvalue weighted by Crippen LogP contribution is -2.50. The number of carbonyl (C=O) groups is 1. The molecule has 0 unspecified atom stereocenters. The number of fused-ring (bicyclic) bond motifs is 1. The monoisotopic (exact) mass is 472 g/mol. The van der Waals surface area contributed by atoms with Gasteiger partial charge >= 0.3 is 0 Å². The Labute approximate surface area is 196 Å². The molecule has 2 aromatic rings. The van der Waals surface area contributed by atoms with Crippen LogP contribution in [-0.2, 0) is 14.8 Å². The Morgan fingerprint density at radius 1 is 1.18 bits per heavy atom. The fourth-order valence-corrected chi connectivity index (χ4v) is 6.08. The topological polar surface area (TPSA) is 87.2 Å². The Hall–Kier alpha value is -2.42. The highest BCUT2D eigenvalue weighted by atomic mass is 32.2. The summed E-state index contributed by atoms with van der Waals surface area (Å²) in [5, 5.41) is 9.77. The van der Waals surface area contributed by atoms with Gasteiger partial charge in [-0.3, -0.25) is 4.79 Å². The van der Waals surface area contributed by atoms with Gasteiger partial charge in [0.05, 0.1) is 13.2 Å². The number of hydrogen-bond donors (Lipinski definition) is 1. The van der Waals surface area contributed by atoms with Crippen LogP contribution < -0.4 is 4.74 Å². The van der Waals surface area contributed by atoms with Crippen molar-refractivity contribution in [2.45, 2.75) is 43.7 Å². The number of nitrogens with zero attached hydrogens (tertiary/aromatic N) is 2. The van der Waals surface area contributed by atoms with Gasteiger partial charge in [-0.1, -0.05) is 43.3 Å². The number of ether oxygens (including phenoxy) is 1. The van der Waals surface area contributed by atoms with Crippen LogP contribution >= 0.6 is 0 Å². The number of likely N-dealkylation sites (N-methyl/N-ethyl adjacent to an activating group) is 1. The fourth-order valence-electron chi connectivity index (χ4n) is 4.26. The standard InChI is InChI=1S/C25H32N2O5S/c1-17-14-27(18(2)16-28)33(30,31)24-12-11-21(19-7-5-4-6-8-19)13-22(24)32-23(17)15-26(3)25(29)20-9-10-20/h4-8,11-13,17-18,20,23,28H,9-10,14-16H2,1-3H3/t17-,18-,23+/m1/s1. The van der Waals surface area contributed by atoms with E-state index in [-0.39, 0.29) is 41.5 Å². The molecule has 1 aliphatic heterocycles. The van der Waals surface area contributed by atoms with Crippen molar-refractivity contribution >= 4 is 15.9 Å². The quantitative estimate of drug-likeness (QED) is 0.699. The molecule has 1 saturated carbocycles. The number of carbonyl (C=O) groups excluding carboxylic acids is 1. The van der Waals surface area contributed by atoms with Crippen molar-refractivity contribution in [2.75, 3.05) is 26.7 Å². The van der Waals surface area contributed by atoms with Crippen LogP contribution in [0.25, 0.3) is 11.1 Å². The van der Waals surface area contributed by atoms with E-state index >= 15 is 0 Å². The van der Waals surface area contributed by atoms with Gasteiger partial charge in [-0.15, -0.1) is 0 Å². The minimum atomic E-state index is -3.89. The van der Waals surface area contributed by atoms with Crippen molar-refractivity contribution in [2.24, 2.45) is 11.8 Å². The minimum Gasteiger partial charge on any atom is -0.487 e. The number of rotatable bonds is 6. The van der Waals surface area contributed by atoms with Crippen molar-refractivity contribution in [3.63, 3.8) is 0 Å². The van der Waals surface area contributed by atoms with Gasteiger partial charge in [0.25, 0.3) is 0 Å². The lowest BCUT2D eigenvalue weighted by Gasteiger charge is -2.37. The third-order valence-corrected chi connectivity index (χ3v) is 8.55. The number of aliphatic hydroxyl groups excluding tert-OH is 1. The molecular formula is C25H32N2O5S. The highest BCUT2D eigenvalue weighted by Crippen LogP contribution is 2.37. The van der Waals surface area contributed by atoms with Gasteiger partial charge in [-0.05, 0) is 43.0 Å². The van der Waals surface area contributed by atoms with Crippen LogP contribution in [0.1, 0.15) is 26.7 Å². The molecule has 0 spiro atoms. The van der Waals surface area contributed by atoms with E-state index in [9.17, 15) is 18.3 Å². The van der Waals surface area contributed by atoms with E-state index in [4.69, 9.17) is 4.74 Å². The molecule has 0 bridgehead atoms. The van der Waals surface area contributed by atoms with Gasteiger partial charge in [-0.25, -0.2) is 8.42 Å². The summed E-state index contributed by atoms with van der Waals surface area (Å²) in [6.45, 7) is 3.91. The first-order chi connectivity index (χ1) is 15.7. The van der Waals surface area contributed by atoms with Crippen LogP contribution in [0.15, 0.2) is 53.4 Å². The molecule has 7 nitrogen and oxygen atoms in total. The Kier molecular flexibility index (Phi) is 6.79. The van der Waals surface area contributed by atoms with Gasteiger partial charge in [0.2, 0.25) is 15.9 Å². The molecule has 4 rings (SSSR count). The molecule has 1 fully saturated rings. The number of sulfonamides is 1. The molecule has 178 valence electrons. The number of benzene rings is 2. The van der Waals surface area contributed by atoms with Gasteiger partial charge in [0.1, 0.15) is 16.7 Å². The predicted molar refractivity (Wildman–Crippen MR) is 126 cm³/mol. The van der Waals surface area contributed by atoms with E-state index in [1.807, 2.05) is 37.3 Å². The fraction of sp³-hybridized carbons (Fsp3) is 0.480. The summed E-state index contributed by atoms with van der Waals surface area (Å²) in [7, 11) is -2.11. The van der Waals surface area contributed by atoms with E-state index < -0.39 is 22.2 Å². The van der Waals surface area contributed by atoms with Crippen molar-refractivity contribution in [3.8, 4) is 16.9 Å². The van der Waals surface area contributed by atoms with E-state index in [0.29, 0.717) is 6.54 Å². The van der Waals surface area contributed by atoms with Crippen LogP contribution in [0, 0.1) is 11.8 Å². The SMILES string of the molecule is C[C@@H]1CN([C@H](C)CO)S(=O)(=O)c2ccc(-c3ccccc3)cc2O[C@H]1CN(C)C(=O)C1CC1. The first kappa shape index (κ1) is 23.7. The molecule has 8 heteroatoms. The molecule has 2 aromatic carbocycles. The molecular weight excluding hydrogens is 440 g/mol. The van der Waals surface area contributed by atoms with Crippen molar-refractivity contribution in [3.05, 3.63) is 48.5 Å². The normalized spacial score (nSPS) is 23.5. The molecule has 1 amide bonds. The van der Waals surface area contributed by atoms with Crippen LogP contribution in [-0.4, -0.2) is 67.5 Å². The maximum Gasteiger partial charge on any atom is 0.247 e. The van der Waals surface area contributed by atoms with E-state index in [1.165, 1.54) is 4.31 Å². The molecule has 3 atom stereocenters. The summed E-state index contributed by atoms with van der Waals surface area (Å²) in [5.74, 6) is 0.286. The minimum absolute atomic E-state index is 0.0792. The zero-order chi connectivity index (χ0) is 23.8. The largest absolute Gasteiger partial charge is 0.487 e. The van der Waals surface area contributed by atoms with Crippen LogP contribution in [0.2, 0.25) is 0 Å². The maximum absolute atomic E-state index is 13.6. The highest BCUT2D eigenvalue weighted by molar-refractivity contribution is 7.89. The molecule has 33 heavy (non-hydrogen) atoms. The zero-order valence-corrected chi connectivity index (χ0v) is 20.2. The van der Waals surface area contributed by atoms with Crippen LogP contribution in [0.3, 0.4) is 0 Å². The molecule has 0 saturated heterocycles. The van der Waals surface area contributed by atoms with Gasteiger partial charge in [-0.2, -0.15) is 4.31 Å². The Morgan fingerprint density at radius 2 is 1.88 bits per heavy atom. The Balaban J connectivity index is 1.76. The smallest absolute Gasteiger partial charge is 0.247 e. The van der Waals surface area contributed by atoms with Crippen molar-refractivity contribution < 1.29 is 23.1 Å². The summed E-state index contributed by atoms with van der Waals surface area (Å²) >= 11 is 0. The van der Waals surface area contributed by atoms with Gasteiger partial charge in [0.15, 0.2) is 0 Å². The second kappa shape index (κ2) is 9.44. The van der Waals surface area contributed by atoms with E-state index in [1.54, 1.807) is 37.1 Å². The van der Waals surface area contributed by atoms with Crippen LogP contribution in [0.5, 0.6) is 5.75 Å². The first-order valence-corrected chi connectivity index (χ1v) is 12.9. The summed E-state index contributed by atoms with van der Waals surface area (Å²) in [6, 6.07) is 14.2. The lowest BCUT2D eigenvalue weighted by atomic mass is 10.0. The Bertz CT molecular complexity index is 1100. The third kappa shape index (κ3) is 4.93. The molecule has 1 N–H and O–H groups in total. The zero-order valence-electron chi connectivity index (χ0n) is 19.3. The van der Waals surface area contributed by atoms with Gasteiger partial charge < -0.3 is 14.7 Å².